The highest BCUT2D eigenvalue weighted by Crippen LogP contribution is 2.14. The van der Waals surface area contributed by atoms with Crippen molar-refractivity contribution in [3.05, 3.63) is 0 Å². The SMILES string of the molecule is BrCCCCCCCC#CCCCCOC1CCCCO1. The smallest absolute Gasteiger partial charge is 0.157 e. The van der Waals surface area contributed by atoms with Crippen molar-refractivity contribution in [2.24, 2.45) is 0 Å². The van der Waals surface area contributed by atoms with Crippen LogP contribution in [-0.4, -0.2) is 24.8 Å². The van der Waals surface area contributed by atoms with E-state index >= 15 is 0 Å². The van der Waals surface area contributed by atoms with E-state index in [1.165, 1.54) is 44.9 Å². The molecule has 0 bridgehead atoms. The first-order chi connectivity index (χ1) is 10.4. The van der Waals surface area contributed by atoms with Crippen LogP contribution in [0.1, 0.15) is 77.0 Å². The minimum Gasteiger partial charge on any atom is -0.353 e. The number of hydrogen-bond donors (Lipinski definition) is 0. The highest BCUT2D eigenvalue weighted by Gasteiger charge is 2.12. The van der Waals surface area contributed by atoms with E-state index in [0.717, 1.165) is 50.6 Å². The third kappa shape index (κ3) is 12.2. The van der Waals surface area contributed by atoms with Gasteiger partial charge in [-0.2, -0.15) is 0 Å². The highest BCUT2D eigenvalue weighted by molar-refractivity contribution is 9.09. The van der Waals surface area contributed by atoms with E-state index in [2.05, 4.69) is 27.8 Å². The molecule has 1 rings (SSSR count). The van der Waals surface area contributed by atoms with E-state index in [-0.39, 0.29) is 6.29 Å². The lowest BCUT2D eigenvalue weighted by molar-refractivity contribution is -0.162. The van der Waals surface area contributed by atoms with Gasteiger partial charge in [0.25, 0.3) is 0 Å². The lowest BCUT2D eigenvalue weighted by Crippen LogP contribution is -2.22. The Labute approximate surface area is 139 Å². The largest absolute Gasteiger partial charge is 0.353 e. The molecule has 2 nitrogen and oxygen atoms in total. The fourth-order valence-corrected chi connectivity index (χ4v) is 2.78. The lowest BCUT2D eigenvalue weighted by Gasteiger charge is -2.22. The molecule has 1 aliphatic heterocycles. The number of alkyl halides is 1. The minimum absolute atomic E-state index is 0.0642. The molecule has 0 aliphatic carbocycles. The Kier molecular flexibility index (Phi) is 13.5. The molecule has 0 amide bonds. The predicted octanol–water partition coefficient (Wildman–Crippen LogP) is 5.44. The molecule has 1 saturated heterocycles. The van der Waals surface area contributed by atoms with Gasteiger partial charge in [0, 0.05) is 31.4 Å². The van der Waals surface area contributed by atoms with Gasteiger partial charge in [-0.25, -0.2) is 0 Å². The molecule has 0 aromatic heterocycles. The summed E-state index contributed by atoms with van der Waals surface area (Å²) < 4.78 is 11.2. The predicted molar refractivity (Wildman–Crippen MR) is 92.7 cm³/mol. The van der Waals surface area contributed by atoms with Crippen molar-refractivity contribution in [1.82, 2.24) is 0 Å². The van der Waals surface area contributed by atoms with Gasteiger partial charge in [-0.15, -0.1) is 11.8 Å². The molecule has 0 saturated carbocycles. The number of ether oxygens (including phenoxy) is 2. The molecule has 1 aliphatic rings. The fourth-order valence-electron chi connectivity index (χ4n) is 2.39. The third-order valence-corrected chi connectivity index (χ3v) is 4.26. The standard InChI is InChI=1S/C18H31BrO2/c19-15-11-8-6-4-2-1-3-5-7-9-12-16-20-18-14-10-13-17-21-18/h18H,1-2,4,6-17H2. The maximum atomic E-state index is 5.70. The maximum absolute atomic E-state index is 5.70. The molecule has 0 aromatic rings. The first-order valence-corrected chi connectivity index (χ1v) is 9.80. The average molecular weight is 359 g/mol. The topological polar surface area (TPSA) is 18.5 Å². The van der Waals surface area contributed by atoms with E-state index < -0.39 is 0 Å². The van der Waals surface area contributed by atoms with E-state index in [1.54, 1.807) is 0 Å². The number of halogens is 1. The van der Waals surface area contributed by atoms with E-state index in [4.69, 9.17) is 9.47 Å². The quantitative estimate of drug-likeness (QED) is 0.278. The van der Waals surface area contributed by atoms with Crippen molar-refractivity contribution >= 4 is 15.9 Å². The zero-order valence-electron chi connectivity index (χ0n) is 13.4. The molecule has 1 atom stereocenters. The van der Waals surface area contributed by atoms with Gasteiger partial charge in [-0.1, -0.05) is 35.2 Å². The molecule has 3 heteroatoms. The number of unbranched alkanes of at least 4 members (excludes halogenated alkanes) is 7. The molecule has 21 heavy (non-hydrogen) atoms. The van der Waals surface area contributed by atoms with Gasteiger partial charge in [0.05, 0.1) is 0 Å². The van der Waals surface area contributed by atoms with Crippen LogP contribution >= 0.6 is 15.9 Å². The molecule has 0 N–H and O–H groups in total. The van der Waals surface area contributed by atoms with Gasteiger partial charge in [0.2, 0.25) is 0 Å². The molecular weight excluding hydrogens is 328 g/mol. The number of rotatable bonds is 11. The monoisotopic (exact) mass is 358 g/mol. The molecule has 0 aromatic carbocycles. The highest BCUT2D eigenvalue weighted by atomic mass is 79.9. The van der Waals surface area contributed by atoms with Crippen molar-refractivity contribution in [1.29, 1.82) is 0 Å². The molecular formula is C18H31BrO2. The summed E-state index contributed by atoms with van der Waals surface area (Å²) in [5.41, 5.74) is 0. The van der Waals surface area contributed by atoms with E-state index in [0.29, 0.717) is 0 Å². The molecule has 1 unspecified atom stereocenters. The van der Waals surface area contributed by atoms with Gasteiger partial charge in [0.15, 0.2) is 6.29 Å². The van der Waals surface area contributed by atoms with E-state index in [9.17, 15) is 0 Å². The van der Waals surface area contributed by atoms with Crippen LogP contribution in [0.3, 0.4) is 0 Å². The Morgan fingerprint density at radius 2 is 1.62 bits per heavy atom. The van der Waals surface area contributed by atoms with Crippen LogP contribution in [0.25, 0.3) is 0 Å². The molecule has 1 fully saturated rings. The summed E-state index contributed by atoms with van der Waals surface area (Å²) in [5.74, 6) is 6.57. The van der Waals surface area contributed by atoms with Crippen LogP contribution in [0.15, 0.2) is 0 Å². The summed E-state index contributed by atoms with van der Waals surface area (Å²) in [6, 6.07) is 0. The average Bonchev–Trinajstić information content (AvgIpc) is 2.53. The summed E-state index contributed by atoms with van der Waals surface area (Å²) in [4.78, 5) is 0. The normalized spacial score (nSPS) is 18.2. The van der Waals surface area contributed by atoms with Crippen LogP contribution in [0.2, 0.25) is 0 Å². The van der Waals surface area contributed by atoms with Crippen LogP contribution in [0.5, 0.6) is 0 Å². The fraction of sp³-hybridized carbons (Fsp3) is 0.889. The first-order valence-electron chi connectivity index (χ1n) is 8.68. The second-order valence-corrected chi connectivity index (χ2v) is 6.48. The lowest BCUT2D eigenvalue weighted by atomic mass is 10.1. The summed E-state index contributed by atoms with van der Waals surface area (Å²) in [6.07, 6.45) is 14.5. The molecule has 1 heterocycles. The zero-order chi connectivity index (χ0) is 15.0. The van der Waals surface area contributed by atoms with Crippen molar-refractivity contribution in [2.75, 3.05) is 18.5 Å². The van der Waals surface area contributed by atoms with Crippen molar-refractivity contribution < 1.29 is 9.47 Å². The van der Waals surface area contributed by atoms with Crippen LogP contribution < -0.4 is 0 Å². The van der Waals surface area contributed by atoms with Gasteiger partial charge in [-0.3, -0.25) is 0 Å². The second-order valence-electron chi connectivity index (χ2n) is 5.68. The van der Waals surface area contributed by atoms with Crippen molar-refractivity contribution in [3.8, 4) is 11.8 Å². The summed E-state index contributed by atoms with van der Waals surface area (Å²) in [6.45, 7) is 1.69. The molecule has 0 radical (unpaired) electrons. The van der Waals surface area contributed by atoms with Crippen LogP contribution in [0, 0.1) is 11.8 Å². The molecule has 0 spiro atoms. The Balaban J connectivity index is 1.78. The van der Waals surface area contributed by atoms with Gasteiger partial charge in [0.1, 0.15) is 0 Å². The number of hydrogen-bond acceptors (Lipinski definition) is 2. The Hall–Kier alpha value is -0.0400. The van der Waals surface area contributed by atoms with Gasteiger partial charge in [-0.05, 0) is 44.9 Å². The summed E-state index contributed by atoms with van der Waals surface area (Å²) >= 11 is 3.46. The van der Waals surface area contributed by atoms with E-state index in [1.807, 2.05) is 0 Å². The Bertz CT molecular complexity index is 277. The first kappa shape index (κ1) is 19.0. The summed E-state index contributed by atoms with van der Waals surface area (Å²) in [7, 11) is 0. The summed E-state index contributed by atoms with van der Waals surface area (Å²) in [5, 5.41) is 1.14. The van der Waals surface area contributed by atoms with Crippen LogP contribution in [0.4, 0.5) is 0 Å². The van der Waals surface area contributed by atoms with Crippen LogP contribution in [-0.2, 0) is 9.47 Å². The Morgan fingerprint density at radius 3 is 2.33 bits per heavy atom. The maximum Gasteiger partial charge on any atom is 0.157 e. The molecule has 122 valence electrons. The van der Waals surface area contributed by atoms with Gasteiger partial charge >= 0.3 is 0 Å². The van der Waals surface area contributed by atoms with Crippen molar-refractivity contribution in [3.63, 3.8) is 0 Å². The second kappa shape index (κ2) is 14.9. The zero-order valence-corrected chi connectivity index (χ0v) is 15.0. The Morgan fingerprint density at radius 1 is 0.905 bits per heavy atom. The van der Waals surface area contributed by atoms with Crippen molar-refractivity contribution in [2.45, 2.75) is 83.3 Å². The minimum atomic E-state index is 0.0642. The van der Waals surface area contributed by atoms with Gasteiger partial charge < -0.3 is 9.47 Å². The third-order valence-electron chi connectivity index (χ3n) is 3.70.